The fourth-order valence-electron chi connectivity index (χ4n) is 0.703. The van der Waals surface area contributed by atoms with Gasteiger partial charge in [0.1, 0.15) is 18.2 Å². The lowest BCUT2D eigenvalue weighted by atomic mass is 10.4. The lowest BCUT2D eigenvalue weighted by molar-refractivity contribution is -0.119. The predicted octanol–water partition coefficient (Wildman–Crippen LogP) is 0.131. The Kier molecular flexibility index (Phi) is 3.00. The van der Waals surface area contributed by atoms with Gasteiger partial charge in [-0.1, -0.05) is 5.16 Å². The van der Waals surface area contributed by atoms with E-state index < -0.39 is 5.91 Å². The Morgan fingerprint density at radius 2 is 2.69 bits per heavy atom. The molecule has 1 N–H and O–H groups in total. The maximum atomic E-state index is 10.9. The minimum atomic E-state index is -0.393. The molecule has 0 fully saturated rings. The van der Waals surface area contributed by atoms with Gasteiger partial charge in [0.05, 0.1) is 6.20 Å². The van der Waals surface area contributed by atoms with E-state index in [1.54, 1.807) is 0 Å². The molecule has 6 nitrogen and oxygen atoms in total. The van der Waals surface area contributed by atoms with Crippen molar-refractivity contribution in [3.05, 3.63) is 11.8 Å². The molecule has 6 heteroatoms. The zero-order chi connectivity index (χ0) is 9.68. The number of carbonyl (C=O) groups is 1. The van der Waals surface area contributed by atoms with Gasteiger partial charge in [0.25, 0.3) is 5.91 Å². The fraction of sp³-hybridized carbons (Fsp3) is 0.286. The fourth-order valence-corrected chi connectivity index (χ4v) is 0.703. The highest BCUT2D eigenvalue weighted by molar-refractivity contribution is 5.91. The number of amides is 1. The Labute approximate surface area is 74.1 Å². The van der Waals surface area contributed by atoms with Crippen molar-refractivity contribution in [3.63, 3.8) is 0 Å². The number of anilines is 1. The molecule has 13 heavy (non-hydrogen) atoms. The van der Waals surface area contributed by atoms with E-state index in [0.717, 1.165) is 0 Å². The zero-order valence-corrected chi connectivity index (χ0v) is 6.90. The predicted molar refractivity (Wildman–Crippen MR) is 41.7 cm³/mol. The molecular weight excluding hydrogens is 174 g/mol. The average molecular weight is 181 g/mol. The van der Waals surface area contributed by atoms with Crippen LogP contribution in [0.2, 0.25) is 0 Å². The van der Waals surface area contributed by atoms with E-state index in [1.807, 2.05) is 6.07 Å². The Morgan fingerprint density at radius 3 is 3.31 bits per heavy atom. The number of ether oxygens (including phenoxy) is 1. The normalized spacial score (nSPS) is 9.23. The molecule has 0 saturated heterocycles. The Balaban J connectivity index is 2.64. The smallest absolute Gasteiger partial charge is 0.252 e. The molecular formula is C7H7N3O3. The van der Waals surface area contributed by atoms with Crippen molar-refractivity contribution in [2.24, 2.45) is 0 Å². The maximum absolute atomic E-state index is 10.9. The van der Waals surface area contributed by atoms with Gasteiger partial charge >= 0.3 is 0 Å². The Morgan fingerprint density at radius 1 is 1.92 bits per heavy atom. The van der Waals surface area contributed by atoms with Crippen LogP contribution in [-0.2, 0) is 9.53 Å². The molecule has 0 aliphatic heterocycles. The summed E-state index contributed by atoms with van der Waals surface area (Å²) in [6.45, 7) is -0.0917. The van der Waals surface area contributed by atoms with Crippen LogP contribution in [0.15, 0.2) is 10.7 Å². The second-order valence-corrected chi connectivity index (χ2v) is 2.16. The van der Waals surface area contributed by atoms with Crippen molar-refractivity contribution in [2.45, 2.75) is 0 Å². The van der Waals surface area contributed by atoms with Gasteiger partial charge in [-0.25, -0.2) is 0 Å². The summed E-state index contributed by atoms with van der Waals surface area (Å²) in [5.41, 5.74) is 0.185. The monoisotopic (exact) mass is 181 g/mol. The molecule has 1 amide bonds. The number of hydrogen-bond donors (Lipinski definition) is 1. The standard InChI is InChI=1S/C7H7N3O3/c1-12-4-6(11)10-7-5(2-8)3-9-13-7/h3H,4H2,1H3,(H,10,11). The molecule has 1 aromatic heterocycles. The SMILES string of the molecule is COCC(=O)Nc1oncc1C#N. The molecule has 1 rings (SSSR count). The molecule has 68 valence electrons. The minimum absolute atomic E-state index is 0.0459. The van der Waals surface area contributed by atoms with Crippen LogP contribution in [-0.4, -0.2) is 24.8 Å². The van der Waals surface area contributed by atoms with E-state index in [1.165, 1.54) is 13.3 Å². The van der Waals surface area contributed by atoms with Crippen molar-refractivity contribution in [3.8, 4) is 6.07 Å². The summed E-state index contributed by atoms with van der Waals surface area (Å²) >= 11 is 0. The lowest BCUT2D eigenvalue weighted by Gasteiger charge is -1.98. The summed E-state index contributed by atoms with van der Waals surface area (Å²) in [6.07, 6.45) is 1.22. The van der Waals surface area contributed by atoms with Crippen molar-refractivity contribution in [1.29, 1.82) is 5.26 Å². The maximum Gasteiger partial charge on any atom is 0.252 e. The molecule has 0 saturated carbocycles. The van der Waals surface area contributed by atoms with Crippen molar-refractivity contribution in [2.75, 3.05) is 19.0 Å². The topological polar surface area (TPSA) is 88.2 Å². The van der Waals surface area contributed by atoms with Crippen molar-refractivity contribution >= 4 is 11.8 Å². The zero-order valence-electron chi connectivity index (χ0n) is 6.90. The second-order valence-electron chi connectivity index (χ2n) is 2.16. The summed E-state index contributed by atoms with van der Waals surface area (Å²) in [5.74, 6) is -0.347. The van der Waals surface area contributed by atoms with Gasteiger partial charge in [0, 0.05) is 7.11 Å². The summed E-state index contributed by atoms with van der Waals surface area (Å²) < 4.78 is 9.18. The van der Waals surface area contributed by atoms with E-state index in [-0.39, 0.29) is 18.1 Å². The summed E-state index contributed by atoms with van der Waals surface area (Å²) in [7, 11) is 1.39. The first-order valence-corrected chi connectivity index (χ1v) is 3.41. The van der Waals surface area contributed by atoms with Crippen molar-refractivity contribution in [1.82, 2.24) is 5.16 Å². The number of aromatic nitrogens is 1. The number of hydrogen-bond acceptors (Lipinski definition) is 5. The quantitative estimate of drug-likeness (QED) is 0.716. The summed E-state index contributed by atoms with van der Waals surface area (Å²) in [6, 6.07) is 1.81. The Hall–Kier alpha value is -1.87. The van der Waals surface area contributed by atoms with E-state index >= 15 is 0 Å². The first kappa shape index (κ1) is 9.22. The molecule has 1 aromatic rings. The average Bonchev–Trinajstić information content (AvgIpc) is 2.52. The number of methoxy groups -OCH3 is 1. The summed E-state index contributed by atoms with van der Waals surface area (Å²) in [4.78, 5) is 10.9. The largest absolute Gasteiger partial charge is 0.375 e. The van der Waals surface area contributed by atoms with Gasteiger partial charge in [0.2, 0.25) is 5.88 Å². The molecule has 0 atom stereocenters. The highest BCUT2D eigenvalue weighted by Crippen LogP contribution is 2.12. The van der Waals surface area contributed by atoms with E-state index in [4.69, 9.17) is 5.26 Å². The van der Waals surface area contributed by atoms with Crippen LogP contribution in [0.4, 0.5) is 5.88 Å². The minimum Gasteiger partial charge on any atom is -0.375 e. The number of rotatable bonds is 3. The molecule has 0 aromatic carbocycles. The summed E-state index contributed by atoms with van der Waals surface area (Å²) in [5, 5.41) is 14.2. The molecule has 0 unspecified atom stereocenters. The second kappa shape index (κ2) is 4.23. The highest BCUT2D eigenvalue weighted by atomic mass is 16.5. The third-order valence-electron chi connectivity index (χ3n) is 1.22. The van der Waals surface area contributed by atoms with Crippen LogP contribution in [0, 0.1) is 11.3 Å². The molecule has 1 heterocycles. The van der Waals surface area contributed by atoms with Gasteiger partial charge < -0.3 is 9.26 Å². The first-order chi connectivity index (χ1) is 6.27. The molecule has 0 spiro atoms. The number of carbonyl (C=O) groups excluding carboxylic acids is 1. The van der Waals surface area contributed by atoms with E-state index in [2.05, 4.69) is 19.7 Å². The molecule has 0 aliphatic carbocycles. The van der Waals surface area contributed by atoms with Gasteiger partial charge in [0.15, 0.2) is 0 Å². The van der Waals surface area contributed by atoms with E-state index in [9.17, 15) is 4.79 Å². The van der Waals surface area contributed by atoms with Crippen LogP contribution in [0.5, 0.6) is 0 Å². The van der Waals surface area contributed by atoms with E-state index in [0.29, 0.717) is 0 Å². The van der Waals surface area contributed by atoms with Gasteiger partial charge in [-0.3, -0.25) is 10.1 Å². The Bertz CT molecular complexity index is 339. The highest BCUT2D eigenvalue weighted by Gasteiger charge is 2.10. The molecule has 0 aliphatic rings. The van der Waals surface area contributed by atoms with Crippen molar-refractivity contribution < 1.29 is 14.1 Å². The lowest BCUT2D eigenvalue weighted by Crippen LogP contribution is -2.17. The van der Waals surface area contributed by atoms with Gasteiger partial charge in [-0.05, 0) is 0 Å². The van der Waals surface area contributed by atoms with Crippen LogP contribution in [0.3, 0.4) is 0 Å². The van der Waals surface area contributed by atoms with Gasteiger partial charge in [-0.15, -0.1) is 0 Å². The van der Waals surface area contributed by atoms with Crippen LogP contribution < -0.4 is 5.32 Å². The number of nitriles is 1. The first-order valence-electron chi connectivity index (χ1n) is 3.41. The van der Waals surface area contributed by atoms with Crippen LogP contribution in [0.25, 0.3) is 0 Å². The molecule has 0 radical (unpaired) electrons. The molecule has 0 bridgehead atoms. The third-order valence-corrected chi connectivity index (χ3v) is 1.22. The number of nitrogens with zero attached hydrogens (tertiary/aromatic N) is 2. The number of nitrogens with one attached hydrogen (secondary N) is 1. The van der Waals surface area contributed by atoms with Crippen LogP contribution >= 0.6 is 0 Å². The van der Waals surface area contributed by atoms with Gasteiger partial charge in [-0.2, -0.15) is 5.26 Å². The van der Waals surface area contributed by atoms with Crippen LogP contribution in [0.1, 0.15) is 5.56 Å². The third kappa shape index (κ3) is 2.28.